The van der Waals surface area contributed by atoms with Crippen molar-refractivity contribution in [3.05, 3.63) is 41.6 Å². The summed E-state index contributed by atoms with van der Waals surface area (Å²) in [6.07, 6.45) is 3.50. The molecular formula is C23H32N4O3. The van der Waals surface area contributed by atoms with Gasteiger partial charge in [-0.15, -0.1) is 0 Å². The molecule has 0 radical (unpaired) electrons. The Morgan fingerprint density at radius 1 is 1.07 bits per heavy atom. The van der Waals surface area contributed by atoms with Crippen LogP contribution in [0.1, 0.15) is 37.4 Å². The average molecular weight is 413 g/mol. The van der Waals surface area contributed by atoms with Crippen molar-refractivity contribution < 1.29 is 14.3 Å². The van der Waals surface area contributed by atoms with Crippen molar-refractivity contribution in [2.24, 2.45) is 0 Å². The van der Waals surface area contributed by atoms with Gasteiger partial charge in [0.1, 0.15) is 5.75 Å². The maximum atomic E-state index is 12.6. The number of methoxy groups -OCH3 is 1. The topological polar surface area (TPSA) is 67.8 Å². The van der Waals surface area contributed by atoms with Gasteiger partial charge in [-0.3, -0.25) is 4.79 Å². The molecule has 0 atom stereocenters. The highest BCUT2D eigenvalue weighted by Crippen LogP contribution is 2.18. The van der Waals surface area contributed by atoms with Gasteiger partial charge in [0.15, 0.2) is 0 Å². The zero-order chi connectivity index (χ0) is 21.3. The van der Waals surface area contributed by atoms with Gasteiger partial charge in [-0.05, 0) is 50.8 Å². The first-order valence-corrected chi connectivity index (χ1v) is 10.7. The van der Waals surface area contributed by atoms with Crippen LogP contribution in [-0.4, -0.2) is 60.7 Å². The number of amides is 1. The molecule has 7 heteroatoms. The first-order valence-electron chi connectivity index (χ1n) is 10.7. The molecule has 0 N–H and O–H groups in total. The number of hydrogen-bond acceptors (Lipinski definition) is 6. The minimum atomic E-state index is 0.240. The molecule has 0 bridgehead atoms. The molecule has 2 heterocycles. The summed E-state index contributed by atoms with van der Waals surface area (Å²) in [7, 11) is 1.67. The smallest absolute Gasteiger partial charge is 0.228 e. The molecule has 7 nitrogen and oxygen atoms in total. The number of anilines is 1. The van der Waals surface area contributed by atoms with E-state index < -0.39 is 0 Å². The highest BCUT2D eigenvalue weighted by Gasteiger charge is 2.22. The standard InChI is InChI=1S/C23H32N4O3/c1-4-30-21-17-18(2)24-23(25-21)27-15-13-26(14-16-27)22(28)8-6-5-7-19-9-11-20(29-3)12-10-19/h9-12,17H,4-8,13-16H2,1-3H3. The Bertz CT molecular complexity index is 818. The van der Waals surface area contributed by atoms with Crippen LogP contribution in [0.15, 0.2) is 30.3 Å². The van der Waals surface area contributed by atoms with Crippen molar-refractivity contribution in [2.75, 3.05) is 44.8 Å². The van der Waals surface area contributed by atoms with E-state index in [2.05, 4.69) is 27.0 Å². The largest absolute Gasteiger partial charge is 0.497 e. The molecule has 3 rings (SSSR count). The van der Waals surface area contributed by atoms with Crippen molar-refractivity contribution in [2.45, 2.75) is 39.5 Å². The number of hydrogen-bond donors (Lipinski definition) is 0. The van der Waals surface area contributed by atoms with Crippen LogP contribution in [0.25, 0.3) is 0 Å². The Kier molecular flexibility index (Phi) is 7.88. The fourth-order valence-electron chi connectivity index (χ4n) is 3.60. The van der Waals surface area contributed by atoms with E-state index in [0.29, 0.717) is 37.9 Å². The minimum Gasteiger partial charge on any atom is -0.497 e. The van der Waals surface area contributed by atoms with Crippen LogP contribution < -0.4 is 14.4 Å². The van der Waals surface area contributed by atoms with Crippen molar-refractivity contribution in [1.29, 1.82) is 0 Å². The lowest BCUT2D eigenvalue weighted by Gasteiger charge is -2.35. The molecule has 1 aromatic heterocycles. The van der Waals surface area contributed by atoms with Gasteiger partial charge in [0.05, 0.1) is 13.7 Å². The maximum absolute atomic E-state index is 12.6. The molecule has 1 saturated heterocycles. The van der Waals surface area contributed by atoms with Crippen molar-refractivity contribution in [1.82, 2.24) is 14.9 Å². The number of aromatic nitrogens is 2. The normalized spacial score (nSPS) is 14.0. The van der Waals surface area contributed by atoms with Gasteiger partial charge in [-0.1, -0.05) is 12.1 Å². The fraction of sp³-hybridized carbons (Fsp3) is 0.522. The molecule has 0 unspecified atom stereocenters. The number of carbonyl (C=O) groups excluding carboxylic acids is 1. The highest BCUT2D eigenvalue weighted by molar-refractivity contribution is 5.76. The van der Waals surface area contributed by atoms with Crippen molar-refractivity contribution >= 4 is 11.9 Å². The molecule has 30 heavy (non-hydrogen) atoms. The molecule has 2 aromatic rings. The van der Waals surface area contributed by atoms with E-state index in [0.717, 1.165) is 43.8 Å². The van der Waals surface area contributed by atoms with Crippen LogP contribution in [0.2, 0.25) is 0 Å². The lowest BCUT2D eigenvalue weighted by Crippen LogP contribution is -2.49. The summed E-state index contributed by atoms with van der Waals surface area (Å²) in [4.78, 5) is 25.7. The number of unbranched alkanes of at least 4 members (excludes halogenated alkanes) is 1. The Balaban J connectivity index is 1.40. The molecule has 0 saturated carbocycles. The molecule has 0 aliphatic carbocycles. The number of ether oxygens (including phenoxy) is 2. The maximum Gasteiger partial charge on any atom is 0.228 e. The van der Waals surface area contributed by atoms with Gasteiger partial charge in [0.2, 0.25) is 17.7 Å². The lowest BCUT2D eigenvalue weighted by molar-refractivity contribution is -0.131. The molecule has 1 aliphatic rings. The third-order valence-electron chi connectivity index (χ3n) is 5.29. The van der Waals surface area contributed by atoms with E-state index in [4.69, 9.17) is 9.47 Å². The number of carbonyl (C=O) groups is 1. The molecule has 0 spiro atoms. The van der Waals surface area contributed by atoms with Crippen molar-refractivity contribution in [3.8, 4) is 11.6 Å². The number of rotatable bonds is 9. The molecule has 1 aromatic carbocycles. The second kappa shape index (κ2) is 10.8. The first-order chi connectivity index (χ1) is 14.6. The van der Waals surface area contributed by atoms with Gasteiger partial charge in [0.25, 0.3) is 0 Å². The van der Waals surface area contributed by atoms with E-state index in [1.807, 2.05) is 36.9 Å². The summed E-state index contributed by atoms with van der Waals surface area (Å²) < 4.78 is 10.7. The minimum absolute atomic E-state index is 0.240. The zero-order valence-corrected chi connectivity index (χ0v) is 18.3. The summed E-state index contributed by atoms with van der Waals surface area (Å²) in [5.41, 5.74) is 2.17. The fourth-order valence-corrected chi connectivity index (χ4v) is 3.60. The van der Waals surface area contributed by atoms with E-state index in [-0.39, 0.29) is 5.91 Å². The third kappa shape index (κ3) is 6.08. The molecule has 162 valence electrons. The van der Waals surface area contributed by atoms with Crippen LogP contribution in [-0.2, 0) is 11.2 Å². The van der Waals surface area contributed by atoms with Crippen LogP contribution in [0.4, 0.5) is 5.95 Å². The molecule has 1 amide bonds. The predicted octanol–water partition coefficient (Wildman–Crippen LogP) is 3.25. The van der Waals surface area contributed by atoms with Gasteiger partial charge in [0, 0.05) is 44.4 Å². The van der Waals surface area contributed by atoms with Gasteiger partial charge >= 0.3 is 0 Å². The second-order valence-corrected chi connectivity index (χ2v) is 7.50. The zero-order valence-electron chi connectivity index (χ0n) is 18.3. The van der Waals surface area contributed by atoms with Crippen LogP contribution in [0.3, 0.4) is 0 Å². The van der Waals surface area contributed by atoms with Crippen LogP contribution in [0, 0.1) is 6.92 Å². The van der Waals surface area contributed by atoms with E-state index in [9.17, 15) is 4.79 Å². The van der Waals surface area contributed by atoms with Crippen LogP contribution >= 0.6 is 0 Å². The number of aryl methyl sites for hydroxylation is 2. The quantitative estimate of drug-likeness (QED) is 0.589. The lowest BCUT2D eigenvalue weighted by atomic mass is 10.1. The van der Waals surface area contributed by atoms with E-state index in [1.165, 1.54) is 5.56 Å². The molecule has 1 aliphatic heterocycles. The molecular weight excluding hydrogens is 380 g/mol. The number of piperazine rings is 1. The summed E-state index contributed by atoms with van der Waals surface area (Å²) in [5, 5.41) is 0. The predicted molar refractivity (Wildman–Crippen MR) is 117 cm³/mol. The van der Waals surface area contributed by atoms with Crippen LogP contribution in [0.5, 0.6) is 11.6 Å². The third-order valence-corrected chi connectivity index (χ3v) is 5.29. The summed E-state index contributed by atoms with van der Waals surface area (Å²) in [6, 6.07) is 9.98. The van der Waals surface area contributed by atoms with Crippen molar-refractivity contribution in [3.63, 3.8) is 0 Å². The van der Waals surface area contributed by atoms with Gasteiger partial charge in [-0.25, -0.2) is 4.98 Å². The Hall–Kier alpha value is -2.83. The summed E-state index contributed by atoms with van der Waals surface area (Å²) in [5.74, 6) is 2.41. The Labute approximate surface area is 179 Å². The highest BCUT2D eigenvalue weighted by atomic mass is 16.5. The number of benzene rings is 1. The summed E-state index contributed by atoms with van der Waals surface area (Å²) in [6.45, 7) is 7.37. The van der Waals surface area contributed by atoms with Gasteiger partial charge < -0.3 is 19.3 Å². The van der Waals surface area contributed by atoms with Gasteiger partial charge in [-0.2, -0.15) is 4.98 Å². The SMILES string of the molecule is CCOc1cc(C)nc(N2CCN(C(=O)CCCCc3ccc(OC)cc3)CC2)n1. The average Bonchev–Trinajstić information content (AvgIpc) is 2.77. The first kappa shape index (κ1) is 21.9. The van der Waals surface area contributed by atoms with E-state index >= 15 is 0 Å². The number of nitrogens with zero attached hydrogens (tertiary/aromatic N) is 4. The Morgan fingerprint density at radius 3 is 2.47 bits per heavy atom. The monoisotopic (exact) mass is 412 g/mol. The summed E-state index contributed by atoms with van der Waals surface area (Å²) >= 11 is 0. The second-order valence-electron chi connectivity index (χ2n) is 7.50. The Morgan fingerprint density at radius 2 is 1.80 bits per heavy atom. The van der Waals surface area contributed by atoms with E-state index in [1.54, 1.807) is 7.11 Å². The molecule has 1 fully saturated rings.